The Labute approximate surface area is 157 Å². The number of aromatic nitrogens is 2. The summed E-state index contributed by atoms with van der Waals surface area (Å²) < 4.78 is 18.4. The Kier molecular flexibility index (Phi) is 5.82. The summed E-state index contributed by atoms with van der Waals surface area (Å²) in [6.07, 6.45) is -0.0718. The summed E-state index contributed by atoms with van der Waals surface area (Å²) >= 11 is 1.07. The number of carboxylic acids is 1. The Morgan fingerprint density at radius 1 is 1.07 bits per heavy atom. The molecule has 3 aromatic rings. The molecule has 27 heavy (non-hydrogen) atoms. The summed E-state index contributed by atoms with van der Waals surface area (Å²) in [5.74, 6) is -1.25. The molecule has 7 nitrogen and oxygen atoms in total. The largest absolute Gasteiger partial charge is 0.481 e. The molecule has 1 aromatic heterocycles. The average Bonchev–Trinajstić information content (AvgIpc) is 3.11. The molecule has 0 unspecified atom stereocenters. The Morgan fingerprint density at radius 2 is 1.78 bits per heavy atom. The van der Waals surface area contributed by atoms with E-state index < -0.39 is 5.97 Å². The standard InChI is InChI=1S/C18H14FN3O4S/c19-13-5-3-12(4-6-13)17-21-22-18(26-17)27-10-15(23)20-14-7-1-11(2-8-14)9-16(24)25/h1-8H,9-10H2,(H,20,23)(H,24,25). The number of hydrogen-bond acceptors (Lipinski definition) is 6. The van der Waals surface area contributed by atoms with Crippen LogP contribution in [0.5, 0.6) is 0 Å². The monoisotopic (exact) mass is 387 g/mol. The molecular weight excluding hydrogens is 373 g/mol. The van der Waals surface area contributed by atoms with Crippen LogP contribution in [0.4, 0.5) is 10.1 Å². The van der Waals surface area contributed by atoms with Gasteiger partial charge in [-0.2, -0.15) is 0 Å². The van der Waals surface area contributed by atoms with Gasteiger partial charge in [-0.05, 0) is 42.0 Å². The second-order valence-corrected chi connectivity index (χ2v) is 6.41. The van der Waals surface area contributed by atoms with Crippen molar-refractivity contribution >= 4 is 29.3 Å². The van der Waals surface area contributed by atoms with E-state index in [2.05, 4.69) is 15.5 Å². The normalized spacial score (nSPS) is 10.6. The van der Waals surface area contributed by atoms with E-state index in [0.717, 1.165) is 11.8 Å². The third-order valence-electron chi connectivity index (χ3n) is 3.42. The predicted octanol–water partition coefficient (Wildman–Crippen LogP) is 3.23. The van der Waals surface area contributed by atoms with E-state index in [-0.39, 0.29) is 35.0 Å². The van der Waals surface area contributed by atoms with Gasteiger partial charge in [0.2, 0.25) is 11.8 Å². The molecule has 1 heterocycles. The number of hydrogen-bond donors (Lipinski definition) is 2. The molecule has 0 atom stereocenters. The molecule has 0 saturated heterocycles. The number of rotatable bonds is 7. The van der Waals surface area contributed by atoms with Gasteiger partial charge in [-0.1, -0.05) is 23.9 Å². The van der Waals surface area contributed by atoms with Crippen LogP contribution in [0.1, 0.15) is 5.56 Å². The highest BCUT2D eigenvalue weighted by Gasteiger charge is 2.11. The average molecular weight is 387 g/mol. The van der Waals surface area contributed by atoms with Gasteiger partial charge in [-0.3, -0.25) is 9.59 Å². The summed E-state index contributed by atoms with van der Waals surface area (Å²) in [7, 11) is 0. The van der Waals surface area contributed by atoms with Crippen molar-refractivity contribution in [3.05, 3.63) is 59.9 Å². The zero-order chi connectivity index (χ0) is 19.2. The zero-order valence-corrected chi connectivity index (χ0v) is 14.7. The summed E-state index contributed by atoms with van der Waals surface area (Å²) in [4.78, 5) is 22.7. The lowest BCUT2D eigenvalue weighted by molar-refractivity contribution is -0.136. The molecule has 138 valence electrons. The first kappa shape index (κ1) is 18.6. The minimum absolute atomic E-state index is 0.0575. The van der Waals surface area contributed by atoms with Crippen LogP contribution in [0.2, 0.25) is 0 Å². The number of benzene rings is 2. The summed E-state index contributed by atoms with van der Waals surface area (Å²) in [5.41, 5.74) is 1.79. The second-order valence-electron chi connectivity index (χ2n) is 5.48. The van der Waals surface area contributed by atoms with Gasteiger partial charge >= 0.3 is 5.97 Å². The first-order valence-electron chi connectivity index (χ1n) is 7.82. The third-order valence-corrected chi connectivity index (χ3v) is 4.24. The maximum atomic E-state index is 12.9. The number of nitrogens with zero attached hydrogens (tertiary/aromatic N) is 2. The molecule has 0 saturated carbocycles. The first-order valence-corrected chi connectivity index (χ1v) is 8.81. The van der Waals surface area contributed by atoms with Crippen LogP contribution in [-0.4, -0.2) is 32.9 Å². The van der Waals surface area contributed by atoms with Crippen molar-refractivity contribution in [3.63, 3.8) is 0 Å². The highest BCUT2D eigenvalue weighted by atomic mass is 32.2. The Morgan fingerprint density at radius 3 is 2.44 bits per heavy atom. The Hall–Kier alpha value is -3.20. The van der Waals surface area contributed by atoms with Crippen molar-refractivity contribution in [2.24, 2.45) is 0 Å². The lowest BCUT2D eigenvalue weighted by Gasteiger charge is -2.05. The molecule has 2 aromatic carbocycles. The fourth-order valence-electron chi connectivity index (χ4n) is 2.18. The summed E-state index contributed by atoms with van der Waals surface area (Å²) in [6, 6.07) is 12.2. The zero-order valence-electron chi connectivity index (χ0n) is 13.9. The van der Waals surface area contributed by atoms with Gasteiger partial charge in [0, 0.05) is 11.3 Å². The predicted molar refractivity (Wildman–Crippen MR) is 96.8 cm³/mol. The lowest BCUT2D eigenvalue weighted by atomic mass is 10.1. The highest BCUT2D eigenvalue weighted by molar-refractivity contribution is 7.99. The highest BCUT2D eigenvalue weighted by Crippen LogP contribution is 2.23. The molecule has 0 spiro atoms. The number of halogens is 1. The molecule has 0 aliphatic rings. The minimum Gasteiger partial charge on any atom is -0.481 e. The van der Waals surface area contributed by atoms with Crippen molar-refractivity contribution in [3.8, 4) is 11.5 Å². The van der Waals surface area contributed by atoms with E-state index in [9.17, 15) is 14.0 Å². The number of amides is 1. The van der Waals surface area contributed by atoms with Crippen molar-refractivity contribution in [2.75, 3.05) is 11.1 Å². The van der Waals surface area contributed by atoms with Gasteiger partial charge in [0.1, 0.15) is 5.82 Å². The smallest absolute Gasteiger partial charge is 0.307 e. The molecule has 0 aliphatic carbocycles. The first-order chi connectivity index (χ1) is 13.0. The van der Waals surface area contributed by atoms with E-state index in [4.69, 9.17) is 9.52 Å². The molecule has 1 amide bonds. The third kappa shape index (κ3) is 5.38. The van der Waals surface area contributed by atoms with Crippen molar-refractivity contribution in [1.82, 2.24) is 10.2 Å². The van der Waals surface area contributed by atoms with Crippen LogP contribution in [0.25, 0.3) is 11.5 Å². The van der Waals surface area contributed by atoms with Crippen molar-refractivity contribution in [1.29, 1.82) is 0 Å². The van der Waals surface area contributed by atoms with E-state index in [0.29, 0.717) is 16.8 Å². The number of carbonyl (C=O) groups is 2. The summed E-state index contributed by atoms with van der Waals surface area (Å²) in [6.45, 7) is 0. The molecule has 0 fully saturated rings. The van der Waals surface area contributed by atoms with Crippen molar-refractivity contribution < 1.29 is 23.5 Å². The van der Waals surface area contributed by atoms with E-state index in [1.54, 1.807) is 24.3 Å². The van der Waals surface area contributed by atoms with Gasteiger partial charge in [-0.25, -0.2) is 4.39 Å². The van der Waals surface area contributed by atoms with E-state index >= 15 is 0 Å². The molecule has 0 bridgehead atoms. The van der Waals surface area contributed by atoms with Crippen LogP contribution in [0, 0.1) is 5.82 Å². The van der Waals surface area contributed by atoms with Gasteiger partial charge in [-0.15, -0.1) is 10.2 Å². The number of carbonyl (C=O) groups excluding carboxylic acids is 1. The minimum atomic E-state index is -0.914. The fraction of sp³-hybridized carbons (Fsp3) is 0.111. The topological polar surface area (TPSA) is 105 Å². The number of aliphatic carboxylic acids is 1. The molecule has 0 aliphatic heterocycles. The van der Waals surface area contributed by atoms with E-state index in [1.807, 2.05) is 0 Å². The van der Waals surface area contributed by atoms with Gasteiger partial charge in [0.05, 0.1) is 12.2 Å². The molecule has 9 heteroatoms. The maximum absolute atomic E-state index is 12.9. The van der Waals surface area contributed by atoms with Crippen LogP contribution in [0.3, 0.4) is 0 Å². The van der Waals surface area contributed by atoms with Gasteiger partial charge in [0.25, 0.3) is 5.22 Å². The molecule has 3 rings (SSSR count). The maximum Gasteiger partial charge on any atom is 0.307 e. The van der Waals surface area contributed by atoms with Crippen LogP contribution >= 0.6 is 11.8 Å². The molecule has 2 N–H and O–H groups in total. The Balaban J connectivity index is 1.52. The Bertz CT molecular complexity index is 942. The fourth-order valence-corrected chi connectivity index (χ4v) is 2.75. The van der Waals surface area contributed by atoms with Gasteiger partial charge in [0.15, 0.2) is 0 Å². The van der Waals surface area contributed by atoms with Crippen LogP contribution in [0.15, 0.2) is 58.2 Å². The number of thioether (sulfide) groups is 1. The second kappa shape index (κ2) is 8.45. The number of nitrogens with one attached hydrogen (secondary N) is 1. The lowest BCUT2D eigenvalue weighted by Crippen LogP contribution is -2.14. The molecule has 0 radical (unpaired) electrons. The van der Waals surface area contributed by atoms with Crippen molar-refractivity contribution in [2.45, 2.75) is 11.6 Å². The van der Waals surface area contributed by atoms with Crippen LogP contribution in [-0.2, 0) is 16.0 Å². The van der Waals surface area contributed by atoms with E-state index in [1.165, 1.54) is 24.3 Å². The quantitative estimate of drug-likeness (QED) is 0.600. The number of carboxylic acid groups (broad SMARTS) is 1. The van der Waals surface area contributed by atoms with Gasteiger partial charge < -0.3 is 14.8 Å². The van der Waals surface area contributed by atoms with Crippen LogP contribution < -0.4 is 5.32 Å². The SMILES string of the molecule is O=C(O)Cc1ccc(NC(=O)CSc2nnc(-c3ccc(F)cc3)o2)cc1. The molecular formula is C18H14FN3O4S. The summed E-state index contributed by atoms with van der Waals surface area (Å²) in [5, 5.41) is 19.4. The number of anilines is 1.